The number of rotatable bonds is 1. The van der Waals surface area contributed by atoms with Crippen LogP contribution in [0.15, 0.2) is 18.2 Å². The van der Waals surface area contributed by atoms with E-state index in [9.17, 15) is 0 Å². The Balaban J connectivity index is 3.23. The molecule has 0 fully saturated rings. The number of aryl methyl sites for hydroxylation is 1. The van der Waals surface area contributed by atoms with Crippen LogP contribution in [0.25, 0.3) is 0 Å². The fourth-order valence-electron chi connectivity index (χ4n) is 1.46. The molecule has 1 aromatic rings. The van der Waals surface area contributed by atoms with Gasteiger partial charge in [0.1, 0.15) is 0 Å². The van der Waals surface area contributed by atoms with Crippen molar-refractivity contribution >= 4 is 0 Å². The molecule has 0 unspecified atom stereocenters. The summed E-state index contributed by atoms with van der Waals surface area (Å²) in [4.78, 5) is 0. The van der Waals surface area contributed by atoms with Crippen molar-refractivity contribution in [2.75, 3.05) is 0 Å². The van der Waals surface area contributed by atoms with E-state index in [-0.39, 0.29) is 5.41 Å². The Morgan fingerprint density at radius 1 is 1.29 bits per heavy atom. The molecule has 14 heavy (non-hydrogen) atoms. The van der Waals surface area contributed by atoms with E-state index in [1.807, 2.05) is 6.07 Å². The van der Waals surface area contributed by atoms with Gasteiger partial charge in [-0.2, -0.15) is 5.26 Å². The summed E-state index contributed by atoms with van der Waals surface area (Å²) < 4.78 is 0. The molecule has 0 bridgehead atoms. The maximum Gasteiger partial charge on any atom is 0.0994 e. The van der Waals surface area contributed by atoms with Crippen LogP contribution in [-0.4, -0.2) is 0 Å². The number of benzene rings is 1. The average molecular weight is 187 g/mol. The highest BCUT2D eigenvalue weighted by molar-refractivity contribution is 5.42. The standard InChI is InChI=1S/C13H17N/c1-5-10-8-12(13(2,3)4)7-6-11(10)9-14/h6-8H,5H2,1-4H3. The van der Waals surface area contributed by atoms with Gasteiger partial charge in [0, 0.05) is 0 Å². The van der Waals surface area contributed by atoms with Gasteiger partial charge in [-0.05, 0) is 29.0 Å². The average Bonchev–Trinajstić information content (AvgIpc) is 2.15. The van der Waals surface area contributed by atoms with E-state index in [0.717, 1.165) is 17.5 Å². The Morgan fingerprint density at radius 3 is 2.36 bits per heavy atom. The first-order chi connectivity index (χ1) is 6.49. The van der Waals surface area contributed by atoms with Gasteiger partial charge in [0.15, 0.2) is 0 Å². The minimum absolute atomic E-state index is 0.165. The number of nitrogens with zero attached hydrogens (tertiary/aromatic N) is 1. The molecule has 1 aromatic carbocycles. The topological polar surface area (TPSA) is 23.8 Å². The molecule has 0 saturated carbocycles. The maximum absolute atomic E-state index is 8.89. The van der Waals surface area contributed by atoms with E-state index in [1.165, 1.54) is 5.56 Å². The van der Waals surface area contributed by atoms with Gasteiger partial charge in [0.05, 0.1) is 11.6 Å². The van der Waals surface area contributed by atoms with Crippen molar-refractivity contribution in [3.63, 3.8) is 0 Å². The summed E-state index contributed by atoms with van der Waals surface area (Å²) >= 11 is 0. The van der Waals surface area contributed by atoms with E-state index in [1.54, 1.807) is 0 Å². The molecule has 0 amide bonds. The van der Waals surface area contributed by atoms with Crippen LogP contribution in [0.4, 0.5) is 0 Å². The Bertz CT molecular complexity index is 364. The van der Waals surface area contributed by atoms with E-state index in [4.69, 9.17) is 5.26 Å². The molecule has 0 aliphatic heterocycles. The second-order valence-electron chi connectivity index (χ2n) is 4.59. The van der Waals surface area contributed by atoms with Crippen LogP contribution in [0.3, 0.4) is 0 Å². The lowest BCUT2D eigenvalue weighted by Gasteiger charge is -2.20. The van der Waals surface area contributed by atoms with Crippen LogP contribution < -0.4 is 0 Å². The van der Waals surface area contributed by atoms with Crippen LogP contribution >= 0.6 is 0 Å². The van der Waals surface area contributed by atoms with Crippen molar-refractivity contribution < 1.29 is 0 Å². The maximum atomic E-state index is 8.89. The van der Waals surface area contributed by atoms with Crippen molar-refractivity contribution in [1.29, 1.82) is 5.26 Å². The third-order valence-electron chi connectivity index (χ3n) is 2.47. The molecular weight excluding hydrogens is 170 g/mol. The molecule has 0 heterocycles. The van der Waals surface area contributed by atoms with Gasteiger partial charge in [-0.25, -0.2) is 0 Å². The minimum atomic E-state index is 0.165. The highest BCUT2D eigenvalue weighted by Crippen LogP contribution is 2.24. The van der Waals surface area contributed by atoms with Gasteiger partial charge in [0.25, 0.3) is 0 Å². The quantitative estimate of drug-likeness (QED) is 0.661. The first-order valence-electron chi connectivity index (χ1n) is 5.02. The largest absolute Gasteiger partial charge is 0.192 e. The zero-order valence-corrected chi connectivity index (χ0v) is 9.39. The van der Waals surface area contributed by atoms with Crippen molar-refractivity contribution in [2.24, 2.45) is 0 Å². The van der Waals surface area contributed by atoms with Crippen molar-refractivity contribution in [2.45, 2.75) is 39.5 Å². The Kier molecular flexibility index (Phi) is 2.96. The molecule has 0 spiro atoms. The molecule has 74 valence electrons. The smallest absolute Gasteiger partial charge is 0.0994 e. The molecule has 0 atom stereocenters. The molecule has 1 rings (SSSR count). The number of hydrogen-bond donors (Lipinski definition) is 0. The molecule has 0 saturated heterocycles. The summed E-state index contributed by atoms with van der Waals surface area (Å²) in [6.07, 6.45) is 0.923. The predicted molar refractivity (Wildman–Crippen MR) is 59.2 cm³/mol. The molecule has 0 aliphatic carbocycles. The lowest BCUT2D eigenvalue weighted by molar-refractivity contribution is 0.589. The Morgan fingerprint density at radius 2 is 1.93 bits per heavy atom. The summed E-state index contributed by atoms with van der Waals surface area (Å²) in [5, 5.41) is 8.89. The Hall–Kier alpha value is -1.29. The lowest BCUT2D eigenvalue weighted by Crippen LogP contribution is -2.11. The van der Waals surface area contributed by atoms with E-state index in [2.05, 4.69) is 45.9 Å². The van der Waals surface area contributed by atoms with Crippen LogP contribution in [-0.2, 0) is 11.8 Å². The van der Waals surface area contributed by atoms with Gasteiger partial charge in [-0.1, -0.05) is 39.8 Å². The zero-order chi connectivity index (χ0) is 10.8. The van der Waals surface area contributed by atoms with E-state index < -0.39 is 0 Å². The Labute approximate surface area is 86.4 Å². The van der Waals surface area contributed by atoms with Gasteiger partial charge in [0.2, 0.25) is 0 Å². The summed E-state index contributed by atoms with van der Waals surface area (Å²) in [7, 11) is 0. The van der Waals surface area contributed by atoms with Gasteiger partial charge >= 0.3 is 0 Å². The fraction of sp³-hybridized carbons (Fsp3) is 0.462. The highest BCUT2D eigenvalue weighted by Gasteiger charge is 2.14. The summed E-state index contributed by atoms with van der Waals surface area (Å²) in [6.45, 7) is 8.65. The van der Waals surface area contributed by atoms with Crippen molar-refractivity contribution in [3.8, 4) is 6.07 Å². The number of nitriles is 1. The van der Waals surface area contributed by atoms with Crippen LogP contribution in [0, 0.1) is 11.3 Å². The first-order valence-corrected chi connectivity index (χ1v) is 5.02. The van der Waals surface area contributed by atoms with Crippen LogP contribution in [0.2, 0.25) is 0 Å². The number of hydrogen-bond acceptors (Lipinski definition) is 1. The lowest BCUT2D eigenvalue weighted by atomic mass is 9.85. The molecular formula is C13H17N. The SMILES string of the molecule is CCc1cc(C(C)(C)C)ccc1C#N. The van der Waals surface area contributed by atoms with Gasteiger partial charge in [-0.15, -0.1) is 0 Å². The second-order valence-corrected chi connectivity index (χ2v) is 4.59. The molecule has 0 N–H and O–H groups in total. The normalized spacial score (nSPS) is 11.1. The van der Waals surface area contributed by atoms with Crippen LogP contribution in [0.5, 0.6) is 0 Å². The van der Waals surface area contributed by atoms with Gasteiger partial charge in [-0.3, -0.25) is 0 Å². The summed E-state index contributed by atoms with van der Waals surface area (Å²) in [5.74, 6) is 0. The third-order valence-corrected chi connectivity index (χ3v) is 2.47. The molecule has 0 aromatic heterocycles. The minimum Gasteiger partial charge on any atom is -0.192 e. The van der Waals surface area contributed by atoms with E-state index >= 15 is 0 Å². The van der Waals surface area contributed by atoms with Gasteiger partial charge < -0.3 is 0 Å². The first kappa shape index (κ1) is 10.8. The molecule has 0 radical (unpaired) electrons. The third kappa shape index (κ3) is 2.14. The van der Waals surface area contributed by atoms with Crippen LogP contribution in [0.1, 0.15) is 44.4 Å². The molecule has 1 nitrogen and oxygen atoms in total. The summed E-state index contributed by atoms with van der Waals surface area (Å²) in [6, 6.07) is 8.36. The van der Waals surface area contributed by atoms with Crippen molar-refractivity contribution in [1.82, 2.24) is 0 Å². The predicted octanol–water partition coefficient (Wildman–Crippen LogP) is 3.42. The summed E-state index contributed by atoms with van der Waals surface area (Å²) in [5.41, 5.74) is 3.42. The monoisotopic (exact) mass is 187 g/mol. The molecule has 1 heteroatoms. The molecule has 0 aliphatic rings. The van der Waals surface area contributed by atoms with E-state index in [0.29, 0.717) is 0 Å². The fourth-order valence-corrected chi connectivity index (χ4v) is 1.46. The zero-order valence-electron chi connectivity index (χ0n) is 9.39. The van der Waals surface area contributed by atoms with Crippen molar-refractivity contribution in [3.05, 3.63) is 34.9 Å². The highest BCUT2D eigenvalue weighted by atomic mass is 14.3. The second kappa shape index (κ2) is 3.84.